The van der Waals surface area contributed by atoms with Crippen LogP contribution in [0.3, 0.4) is 0 Å². The molecule has 0 bridgehead atoms. The van der Waals surface area contributed by atoms with Gasteiger partial charge >= 0.3 is 0 Å². The van der Waals surface area contributed by atoms with E-state index in [0.29, 0.717) is 10.9 Å². The SMILES string of the molecule is Cl.Fc1ccc(F)c(-n2nc(OC3CCNCC3)c3cc(F)ccc32)c1. The fourth-order valence-electron chi connectivity index (χ4n) is 3.05. The largest absolute Gasteiger partial charge is 0.473 e. The van der Waals surface area contributed by atoms with Crippen LogP contribution in [0.1, 0.15) is 12.8 Å². The molecule has 1 aliphatic rings. The number of halogens is 4. The minimum absolute atomic E-state index is 0. The first-order valence-corrected chi connectivity index (χ1v) is 8.13. The molecule has 138 valence electrons. The molecule has 2 aromatic carbocycles. The molecule has 0 spiro atoms. The summed E-state index contributed by atoms with van der Waals surface area (Å²) in [6.07, 6.45) is 1.56. The van der Waals surface area contributed by atoms with Crippen molar-refractivity contribution in [3.8, 4) is 11.6 Å². The first-order valence-electron chi connectivity index (χ1n) is 8.13. The van der Waals surface area contributed by atoms with Crippen LogP contribution < -0.4 is 10.1 Å². The van der Waals surface area contributed by atoms with Crippen molar-refractivity contribution < 1.29 is 17.9 Å². The number of hydrogen-bond acceptors (Lipinski definition) is 3. The van der Waals surface area contributed by atoms with Crippen molar-refractivity contribution in [1.29, 1.82) is 0 Å². The summed E-state index contributed by atoms with van der Waals surface area (Å²) in [6.45, 7) is 1.66. The number of benzene rings is 2. The molecule has 4 rings (SSSR count). The smallest absolute Gasteiger partial charge is 0.241 e. The molecule has 1 fully saturated rings. The van der Waals surface area contributed by atoms with E-state index in [-0.39, 0.29) is 30.1 Å². The quantitative estimate of drug-likeness (QED) is 0.743. The van der Waals surface area contributed by atoms with Crippen LogP contribution in [0, 0.1) is 17.5 Å². The van der Waals surface area contributed by atoms with Crippen molar-refractivity contribution in [3.63, 3.8) is 0 Å². The van der Waals surface area contributed by atoms with Gasteiger partial charge in [-0.25, -0.2) is 17.9 Å². The van der Waals surface area contributed by atoms with Crippen LogP contribution >= 0.6 is 12.4 Å². The number of piperidine rings is 1. The molecule has 1 aromatic heterocycles. The lowest BCUT2D eigenvalue weighted by atomic mass is 10.1. The Labute approximate surface area is 154 Å². The van der Waals surface area contributed by atoms with Crippen molar-refractivity contribution in [2.75, 3.05) is 13.1 Å². The molecule has 3 aromatic rings. The lowest BCUT2D eigenvalue weighted by Gasteiger charge is -2.22. The van der Waals surface area contributed by atoms with Gasteiger partial charge in [0, 0.05) is 6.07 Å². The number of nitrogens with zero attached hydrogens (tertiary/aromatic N) is 2. The Kier molecular flexibility index (Phi) is 5.38. The maximum Gasteiger partial charge on any atom is 0.241 e. The van der Waals surface area contributed by atoms with Gasteiger partial charge in [0.05, 0.1) is 10.9 Å². The normalized spacial score (nSPS) is 15.0. The maximum absolute atomic E-state index is 14.2. The second-order valence-corrected chi connectivity index (χ2v) is 6.04. The highest BCUT2D eigenvalue weighted by Gasteiger charge is 2.21. The Balaban J connectivity index is 0.00000196. The van der Waals surface area contributed by atoms with Gasteiger partial charge in [0.25, 0.3) is 0 Å². The highest BCUT2D eigenvalue weighted by molar-refractivity contribution is 5.86. The van der Waals surface area contributed by atoms with Crippen molar-refractivity contribution in [2.45, 2.75) is 18.9 Å². The Morgan fingerprint density at radius 2 is 1.69 bits per heavy atom. The molecule has 2 heterocycles. The molecule has 26 heavy (non-hydrogen) atoms. The van der Waals surface area contributed by atoms with E-state index < -0.39 is 17.5 Å². The van der Waals surface area contributed by atoms with Gasteiger partial charge in [0.15, 0.2) is 0 Å². The second kappa shape index (κ2) is 7.55. The highest BCUT2D eigenvalue weighted by atomic mass is 35.5. The van der Waals surface area contributed by atoms with Gasteiger partial charge in [-0.2, -0.15) is 0 Å². The molecule has 0 amide bonds. The average Bonchev–Trinajstić information content (AvgIpc) is 2.95. The van der Waals surface area contributed by atoms with Crippen LogP contribution in [-0.2, 0) is 0 Å². The number of aromatic nitrogens is 2. The first kappa shape index (κ1) is 18.5. The molecule has 0 atom stereocenters. The zero-order chi connectivity index (χ0) is 17.4. The van der Waals surface area contributed by atoms with E-state index in [1.165, 1.54) is 22.9 Å². The zero-order valence-electron chi connectivity index (χ0n) is 13.7. The van der Waals surface area contributed by atoms with Crippen molar-refractivity contribution in [2.24, 2.45) is 0 Å². The molecule has 0 radical (unpaired) electrons. The van der Waals surface area contributed by atoms with E-state index in [0.717, 1.165) is 44.1 Å². The average molecular weight is 384 g/mol. The van der Waals surface area contributed by atoms with E-state index in [9.17, 15) is 13.2 Å². The van der Waals surface area contributed by atoms with Gasteiger partial charge in [-0.3, -0.25) is 0 Å². The van der Waals surface area contributed by atoms with E-state index >= 15 is 0 Å². The van der Waals surface area contributed by atoms with Crippen LogP contribution in [-0.4, -0.2) is 29.0 Å². The Bertz CT molecular complexity index is 925. The summed E-state index contributed by atoms with van der Waals surface area (Å²) in [4.78, 5) is 0. The fourth-order valence-corrected chi connectivity index (χ4v) is 3.05. The third-order valence-corrected chi connectivity index (χ3v) is 4.31. The molecule has 1 N–H and O–H groups in total. The number of ether oxygens (including phenoxy) is 1. The number of hydrogen-bond donors (Lipinski definition) is 1. The Morgan fingerprint density at radius 3 is 2.46 bits per heavy atom. The van der Waals surface area contributed by atoms with Gasteiger partial charge in [0.1, 0.15) is 29.2 Å². The summed E-state index contributed by atoms with van der Waals surface area (Å²) in [6, 6.07) is 7.17. The van der Waals surface area contributed by atoms with E-state index in [1.807, 2.05) is 0 Å². The van der Waals surface area contributed by atoms with Crippen LogP contribution in [0.4, 0.5) is 13.2 Å². The topological polar surface area (TPSA) is 39.1 Å². The van der Waals surface area contributed by atoms with Crippen LogP contribution in [0.25, 0.3) is 16.6 Å². The third-order valence-electron chi connectivity index (χ3n) is 4.31. The van der Waals surface area contributed by atoms with Gasteiger partial charge in [-0.1, -0.05) is 0 Å². The highest BCUT2D eigenvalue weighted by Crippen LogP contribution is 2.30. The van der Waals surface area contributed by atoms with E-state index in [4.69, 9.17) is 4.74 Å². The van der Waals surface area contributed by atoms with E-state index in [2.05, 4.69) is 10.4 Å². The first-order chi connectivity index (χ1) is 12.1. The van der Waals surface area contributed by atoms with Crippen LogP contribution in [0.15, 0.2) is 36.4 Å². The van der Waals surface area contributed by atoms with E-state index in [1.54, 1.807) is 0 Å². The van der Waals surface area contributed by atoms with Gasteiger partial charge in [-0.15, -0.1) is 17.5 Å². The minimum atomic E-state index is -0.622. The predicted octanol–water partition coefficient (Wildman–Crippen LogP) is 4.00. The molecular formula is C18H17ClF3N3O. The molecule has 0 aliphatic carbocycles. The lowest BCUT2D eigenvalue weighted by molar-refractivity contribution is 0.157. The summed E-state index contributed by atoms with van der Waals surface area (Å²) >= 11 is 0. The number of rotatable bonds is 3. The van der Waals surface area contributed by atoms with Gasteiger partial charge in [0.2, 0.25) is 5.88 Å². The minimum Gasteiger partial charge on any atom is -0.473 e. The summed E-state index contributed by atoms with van der Waals surface area (Å²) in [7, 11) is 0. The standard InChI is InChI=1S/C18H16F3N3O.ClH/c19-11-2-4-16-14(9-11)18(25-13-5-7-22-8-6-13)23-24(16)17-10-12(20)1-3-15(17)21;/h1-4,9-10,13,22H,5-8H2;1H. The zero-order valence-corrected chi connectivity index (χ0v) is 14.5. The van der Waals surface area contributed by atoms with Gasteiger partial charge in [-0.05, 0) is 56.3 Å². The maximum atomic E-state index is 14.2. The molecule has 4 nitrogen and oxygen atoms in total. The molecule has 8 heteroatoms. The number of nitrogens with one attached hydrogen (secondary N) is 1. The predicted molar refractivity (Wildman–Crippen MR) is 94.7 cm³/mol. The molecule has 0 unspecified atom stereocenters. The summed E-state index contributed by atoms with van der Waals surface area (Å²) in [5.41, 5.74) is 0.409. The summed E-state index contributed by atoms with van der Waals surface area (Å²) < 4.78 is 48.7. The number of fused-ring (bicyclic) bond motifs is 1. The van der Waals surface area contributed by atoms with Gasteiger partial charge < -0.3 is 10.1 Å². The lowest BCUT2D eigenvalue weighted by Crippen LogP contribution is -2.34. The molecular weight excluding hydrogens is 367 g/mol. The summed E-state index contributed by atoms with van der Waals surface area (Å²) in [5.74, 6) is -1.42. The Hall–Kier alpha value is -2.25. The van der Waals surface area contributed by atoms with Crippen molar-refractivity contribution >= 4 is 23.3 Å². The summed E-state index contributed by atoms with van der Waals surface area (Å²) in [5, 5.41) is 7.96. The van der Waals surface area contributed by atoms with Crippen LogP contribution in [0.5, 0.6) is 5.88 Å². The monoisotopic (exact) mass is 383 g/mol. The van der Waals surface area contributed by atoms with Crippen molar-refractivity contribution in [1.82, 2.24) is 15.1 Å². The third kappa shape index (κ3) is 3.50. The fraction of sp³-hybridized carbons (Fsp3) is 0.278. The van der Waals surface area contributed by atoms with Crippen molar-refractivity contribution in [3.05, 3.63) is 53.8 Å². The Morgan fingerprint density at radius 1 is 1.00 bits per heavy atom. The second-order valence-electron chi connectivity index (χ2n) is 6.04. The molecule has 1 aliphatic heterocycles. The molecule has 1 saturated heterocycles. The molecule has 0 saturated carbocycles. The van der Waals surface area contributed by atoms with Crippen LogP contribution in [0.2, 0.25) is 0 Å².